The molecule has 0 fully saturated rings. The van der Waals surface area contributed by atoms with Crippen LogP contribution in [0.5, 0.6) is 0 Å². The van der Waals surface area contributed by atoms with Gasteiger partial charge in [0.1, 0.15) is 11.6 Å². The van der Waals surface area contributed by atoms with E-state index in [9.17, 15) is 4.39 Å². The Bertz CT molecular complexity index is 522. The van der Waals surface area contributed by atoms with Crippen molar-refractivity contribution in [1.82, 2.24) is 9.78 Å². The Morgan fingerprint density at radius 2 is 2.19 bits per heavy atom. The molecule has 2 aromatic rings. The van der Waals surface area contributed by atoms with Crippen LogP contribution in [0, 0.1) is 12.7 Å². The Morgan fingerprint density at radius 1 is 1.44 bits per heavy atom. The number of aromatic nitrogens is 2. The summed E-state index contributed by atoms with van der Waals surface area (Å²) in [7, 11) is 0. The number of nitrogens with two attached hydrogens (primary N) is 1. The summed E-state index contributed by atoms with van der Waals surface area (Å²) in [6.07, 6.45) is 1.69. The van der Waals surface area contributed by atoms with Gasteiger partial charge in [0.05, 0.1) is 11.6 Å². The van der Waals surface area contributed by atoms with Gasteiger partial charge in [-0.1, -0.05) is 17.7 Å². The highest BCUT2D eigenvalue weighted by Crippen LogP contribution is 2.24. The zero-order valence-electron chi connectivity index (χ0n) is 8.74. The summed E-state index contributed by atoms with van der Waals surface area (Å²) >= 11 is 6.04. The minimum Gasteiger partial charge on any atom is -0.382 e. The van der Waals surface area contributed by atoms with Crippen molar-refractivity contribution >= 4 is 17.4 Å². The van der Waals surface area contributed by atoms with Crippen molar-refractivity contribution in [3.8, 4) is 0 Å². The lowest BCUT2D eigenvalue weighted by atomic mass is 10.1. The average Bonchev–Trinajstić information content (AvgIpc) is 2.65. The zero-order chi connectivity index (χ0) is 11.7. The third-order valence-electron chi connectivity index (χ3n) is 2.36. The number of anilines is 1. The smallest absolute Gasteiger partial charge is 0.145 e. The summed E-state index contributed by atoms with van der Waals surface area (Å²) < 4.78 is 15.1. The molecule has 0 atom stereocenters. The summed E-state index contributed by atoms with van der Waals surface area (Å²) in [4.78, 5) is 0. The van der Waals surface area contributed by atoms with Crippen molar-refractivity contribution < 1.29 is 4.39 Å². The number of nitrogens with zero attached hydrogens (tertiary/aromatic N) is 2. The van der Waals surface area contributed by atoms with Crippen LogP contribution in [0.1, 0.15) is 11.1 Å². The van der Waals surface area contributed by atoms with E-state index in [1.54, 1.807) is 23.0 Å². The number of benzene rings is 1. The van der Waals surface area contributed by atoms with Gasteiger partial charge in [0.2, 0.25) is 0 Å². The van der Waals surface area contributed by atoms with E-state index in [1.807, 2.05) is 6.92 Å². The maximum atomic E-state index is 13.6. The maximum Gasteiger partial charge on any atom is 0.145 e. The SMILES string of the molecule is Cc1ccc(F)c(Cn2ccc(N)n2)c1Cl. The summed E-state index contributed by atoms with van der Waals surface area (Å²) in [6, 6.07) is 4.71. The second-order valence-electron chi connectivity index (χ2n) is 3.60. The molecule has 0 radical (unpaired) electrons. The third-order valence-corrected chi connectivity index (χ3v) is 2.89. The van der Waals surface area contributed by atoms with Gasteiger partial charge in [-0.2, -0.15) is 5.10 Å². The van der Waals surface area contributed by atoms with Gasteiger partial charge < -0.3 is 5.73 Å². The Labute approximate surface area is 97.6 Å². The number of rotatable bonds is 2. The Morgan fingerprint density at radius 3 is 2.81 bits per heavy atom. The molecule has 2 N–H and O–H groups in total. The highest BCUT2D eigenvalue weighted by atomic mass is 35.5. The number of nitrogen functional groups attached to an aromatic ring is 1. The van der Waals surface area contributed by atoms with Crippen LogP contribution >= 0.6 is 11.6 Å². The van der Waals surface area contributed by atoms with Gasteiger partial charge in [-0.25, -0.2) is 4.39 Å². The van der Waals surface area contributed by atoms with E-state index in [0.29, 0.717) is 16.4 Å². The summed E-state index contributed by atoms with van der Waals surface area (Å²) in [5.41, 5.74) is 6.76. The first-order valence-corrected chi connectivity index (χ1v) is 5.18. The summed E-state index contributed by atoms with van der Waals surface area (Å²) in [5, 5.41) is 4.43. The van der Waals surface area contributed by atoms with Gasteiger partial charge in [0.15, 0.2) is 0 Å². The molecule has 1 aromatic heterocycles. The van der Waals surface area contributed by atoms with Gasteiger partial charge in [0, 0.05) is 11.8 Å². The van der Waals surface area contributed by atoms with Crippen molar-refractivity contribution in [2.24, 2.45) is 0 Å². The van der Waals surface area contributed by atoms with Crippen LogP contribution in [0.4, 0.5) is 10.2 Å². The quantitative estimate of drug-likeness (QED) is 0.876. The molecule has 5 heteroatoms. The van der Waals surface area contributed by atoms with E-state index in [2.05, 4.69) is 5.10 Å². The zero-order valence-corrected chi connectivity index (χ0v) is 9.50. The van der Waals surface area contributed by atoms with E-state index in [1.165, 1.54) is 6.07 Å². The van der Waals surface area contributed by atoms with Crippen LogP contribution in [-0.4, -0.2) is 9.78 Å². The molecule has 16 heavy (non-hydrogen) atoms. The van der Waals surface area contributed by atoms with E-state index < -0.39 is 0 Å². The lowest BCUT2D eigenvalue weighted by Gasteiger charge is -2.08. The van der Waals surface area contributed by atoms with Crippen LogP contribution in [0.2, 0.25) is 5.02 Å². The molecule has 1 aromatic carbocycles. The molecule has 0 saturated carbocycles. The molecule has 3 nitrogen and oxygen atoms in total. The van der Waals surface area contributed by atoms with E-state index in [-0.39, 0.29) is 12.4 Å². The minimum atomic E-state index is -0.329. The molecule has 1 heterocycles. The molecule has 0 saturated heterocycles. The molecule has 0 bridgehead atoms. The molecule has 84 valence electrons. The van der Waals surface area contributed by atoms with Crippen LogP contribution in [0.3, 0.4) is 0 Å². The molecule has 0 aliphatic carbocycles. The van der Waals surface area contributed by atoms with Gasteiger partial charge in [0.25, 0.3) is 0 Å². The van der Waals surface area contributed by atoms with Gasteiger partial charge in [-0.05, 0) is 24.6 Å². The predicted octanol–water partition coefficient (Wildman–Crippen LogP) is 2.61. The predicted molar refractivity (Wildman–Crippen MR) is 61.9 cm³/mol. The fourth-order valence-corrected chi connectivity index (χ4v) is 1.70. The van der Waals surface area contributed by atoms with Crippen LogP contribution in [-0.2, 0) is 6.54 Å². The number of aryl methyl sites for hydroxylation is 1. The minimum absolute atomic E-state index is 0.281. The third kappa shape index (κ3) is 2.02. The van der Waals surface area contributed by atoms with E-state index >= 15 is 0 Å². The highest BCUT2D eigenvalue weighted by Gasteiger charge is 2.10. The maximum absolute atomic E-state index is 13.6. The molecule has 0 amide bonds. The first kappa shape index (κ1) is 11.0. The lowest BCUT2D eigenvalue weighted by Crippen LogP contribution is -2.04. The molecule has 0 unspecified atom stereocenters. The number of hydrogen-bond acceptors (Lipinski definition) is 2. The molecule has 0 aliphatic rings. The van der Waals surface area contributed by atoms with Crippen LogP contribution in [0.25, 0.3) is 0 Å². The topological polar surface area (TPSA) is 43.8 Å². The van der Waals surface area contributed by atoms with Crippen molar-refractivity contribution in [1.29, 1.82) is 0 Å². The Kier molecular flexibility index (Phi) is 2.83. The van der Waals surface area contributed by atoms with Crippen LogP contribution in [0.15, 0.2) is 24.4 Å². The first-order valence-electron chi connectivity index (χ1n) is 4.80. The molecule has 2 rings (SSSR count). The Balaban J connectivity index is 2.37. The van der Waals surface area contributed by atoms with Crippen molar-refractivity contribution in [2.45, 2.75) is 13.5 Å². The van der Waals surface area contributed by atoms with Gasteiger partial charge in [-0.15, -0.1) is 0 Å². The molecular weight excluding hydrogens is 229 g/mol. The van der Waals surface area contributed by atoms with E-state index in [4.69, 9.17) is 17.3 Å². The average molecular weight is 240 g/mol. The van der Waals surface area contributed by atoms with Crippen molar-refractivity contribution in [3.63, 3.8) is 0 Å². The largest absolute Gasteiger partial charge is 0.382 e. The number of hydrogen-bond donors (Lipinski definition) is 1. The Hall–Kier alpha value is -1.55. The lowest BCUT2D eigenvalue weighted by molar-refractivity contribution is 0.585. The van der Waals surface area contributed by atoms with Gasteiger partial charge in [-0.3, -0.25) is 4.68 Å². The normalized spacial score (nSPS) is 10.7. The second kappa shape index (κ2) is 4.14. The number of halogens is 2. The van der Waals surface area contributed by atoms with Gasteiger partial charge >= 0.3 is 0 Å². The standard InChI is InChI=1S/C11H11ClFN3/c1-7-2-3-9(13)8(11(7)12)6-16-5-4-10(14)15-16/h2-5H,6H2,1H3,(H2,14,15). The fourth-order valence-electron chi connectivity index (χ4n) is 1.49. The first-order chi connectivity index (χ1) is 7.58. The van der Waals surface area contributed by atoms with Crippen molar-refractivity contribution in [3.05, 3.63) is 46.4 Å². The molecule has 0 spiro atoms. The van der Waals surface area contributed by atoms with Crippen molar-refractivity contribution in [2.75, 3.05) is 5.73 Å². The summed E-state index contributed by atoms with van der Waals surface area (Å²) in [6.45, 7) is 2.12. The van der Waals surface area contributed by atoms with E-state index in [0.717, 1.165) is 5.56 Å². The highest BCUT2D eigenvalue weighted by molar-refractivity contribution is 6.32. The molecule has 0 aliphatic heterocycles. The fraction of sp³-hybridized carbons (Fsp3) is 0.182. The van der Waals surface area contributed by atoms with Crippen LogP contribution < -0.4 is 5.73 Å². The second-order valence-corrected chi connectivity index (χ2v) is 3.97. The monoisotopic (exact) mass is 239 g/mol. The summed E-state index contributed by atoms with van der Waals surface area (Å²) in [5.74, 6) is 0.0776. The molecular formula is C11H11ClFN3.